The Morgan fingerprint density at radius 1 is 1.19 bits per heavy atom. The maximum absolute atomic E-state index is 13.3. The van der Waals surface area contributed by atoms with Gasteiger partial charge in [0.25, 0.3) is 5.91 Å². The highest BCUT2D eigenvalue weighted by Gasteiger charge is 2.41. The summed E-state index contributed by atoms with van der Waals surface area (Å²) in [7, 11) is 0. The largest absolute Gasteiger partial charge is 0.355 e. The van der Waals surface area contributed by atoms with E-state index in [-0.39, 0.29) is 24.4 Å². The van der Waals surface area contributed by atoms with Crippen LogP contribution in [-0.2, 0) is 9.59 Å². The van der Waals surface area contributed by atoms with Crippen molar-refractivity contribution in [3.05, 3.63) is 40.3 Å². The summed E-state index contributed by atoms with van der Waals surface area (Å²) in [5, 5.41) is 3.43. The van der Waals surface area contributed by atoms with Crippen molar-refractivity contribution in [1.82, 2.24) is 10.2 Å². The first-order valence-corrected chi connectivity index (χ1v) is 13.7. The molecular formula is C25H36N2O2S2. The number of hydrogen-bond donors (Lipinski definition) is 1. The van der Waals surface area contributed by atoms with E-state index < -0.39 is 0 Å². The summed E-state index contributed by atoms with van der Waals surface area (Å²) in [4.78, 5) is 28.6. The van der Waals surface area contributed by atoms with E-state index in [1.807, 2.05) is 22.7 Å². The van der Waals surface area contributed by atoms with Gasteiger partial charge < -0.3 is 10.2 Å². The summed E-state index contributed by atoms with van der Waals surface area (Å²) in [5.41, 5.74) is 2.25. The molecule has 170 valence electrons. The van der Waals surface area contributed by atoms with E-state index >= 15 is 0 Å². The van der Waals surface area contributed by atoms with Crippen LogP contribution in [0.15, 0.2) is 29.2 Å². The smallest absolute Gasteiger partial charge is 0.261 e. The third-order valence-corrected chi connectivity index (χ3v) is 8.49. The third-order valence-electron chi connectivity index (χ3n) is 5.94. The van der Waals surface area contributed by atoms with Crippen LogP contribution >= 0.6 is 23.5 Å². The minimum atomic E-state index is -0.0298. The zero-order valence-electron chi connectivity index (χ0n) is 18.9. The predicted molar refractivity (Wildman–Crippen MR) is 134 cm³/mol. The second kappa shape index (κ2) is 12.6. The number of benzene rings is 1. The molecule has 31 heavy (non-hydrogen) atoms. The Labute approximate surface area is 196 Å². The van der Waals surface area contributed by atoms with Gasteiger partial charge in [0, 0.05) is 17.8 Å². The molecule has 1 saturated heterocycles. The zero-order valence-corrected chi connectivity index (χ0v) is 20.5. The SMILES string of the molecule is CCCCSCCCNC(=O)CN1C(=O)/C(=C/c2ccc(C)cc2)SC2CCCCC21. The highest BCUT2D eigenvalue weighted by Crippen LogP contribution is 2.42. The van der Waals surface area contributed by atoms with Gasteiger partial charge in [0.1, 0.15) is 6.54 Å². The van der Waals surface area contributed by atoms with Crippen molar-refractivity contribution in [2.24, 2.45) is 0 Å². The number of hydrogen-bond acceptors (Lipinski definition) is 4. The van der Waals surface area contributed by atoms with Gasteiger partial charge in [-0.2, -0.15) is 11.8 Å². The molecule has 1 saturated carbocycles. The molecule has 2 fully saturated rings. The number of thioether (sulfide) groups is 2. The van der Waals surface area contributed by atoms with Crippen LogP contribution < -0.4 is 5.32 Å². The summed E-state index contributed by atoms with van der Waals surface area (Å²) < 4.78 is 0. The van der Waals surface area contributed by atoms with E-state index in [0.717, 1.165) is 41.9 Å². The molecule has 2 unspecified atom stereocenters. The Morgan fingerprint density at radius 3 is 2.71 bits per heavy atom. The normalized spacial score (nSPS) is 22.5. The van der Waals surface area contributed by atoms with Crippen LogP contribution in [-0.4, -0.2) is 52.6 Å². The van der Waals surface area contributed by atoms with Crippen molar-refractivity contribution in [3.63, 3.8) is 0 Å². The molecule has 4 nitrogen and oxygen atoms in total. The molecule has 1 aromatic rings. The monoisotopic (exact) mass is 460 g/mol. The summed E-state index contributed by atoms with van der Waals surface area (Å²) in [6.45, 7) is 5.14. The summed E-state index contributed by atoms with van der Waals surface area (Å²) in [6.07, 6.45) is 9.92. The van der Waals surface area contributed by atoms with Crippen molar-refractivity contribution in [2.75, 3.05) is 24.6 Å². The van der Waals surface area contributed by atoms with Gasteiger partial charge in [0.15, 0.2) is 0 Å². The van der Waals surface area contributed by atoms with Gasteiger partial charge in [-0.1, -0.05) is 56.0 Å². The molecule has 1 aliphatic carbocycles. The van der Waals surface area contributed by atoms with Gasteiger partial charge >= 0.3 is 0 Å². The first-order valence-electron chi connectivity index (χ1n) is 11.7. The number of amides is 2. The van der Waals surface area contributed by atoms with Gasteiger partial charge in [-0.15, -0.1) is 11.8 Å². The second-order valence-electron chi connectivity index (χ2n) is 8.53. The maximum atomic E-state index is 13.3. The Morgan fingerprint density at radius 2 is 1.94 bits per heavy atom. The van der Waals surface area contributed by atoms with Gasteiger partial charge in [0.05, 0.1) is 4.91 Å². The van der Waals surface area contributed by atoms with Crippen LogP contribution in [0.5, 0.6) is 0 Å². The van der Waals surface area contributed by atoms with E-state index in [4.69, 9.17) is 0 Å². The van der Waals surface area contributed by atoms with Crippen LogP contribution in [0.2, 0.25) is 0 Å². The van der Waals surface area contributed by atoms with E-state index in [0.29, 0.717) is 11.8 Å². The molecule has 1 aliphatic heterocycles. The highest BCUT2D eigenvalue weighted by atomic mass is 32.2. The number of unbranched alkanes of at least 4 members (excludes halogenated alkanes) is 1. The number of nitrogens with zero attached hydrogens (tertiary/aromatic N) is 1. The minimum absolute atomic E-state index is 0.0130. The topological polar surface area (TPSA) is 49.4 Å². The minimum Gasteiger partial charge on any atom is -0.355 e. The molecule has 2 aliphatic rings. The molecule has 1 N–H and O–H groups in total. The van der Waals surface area contributed by atoms with Crippen LogP contribution in [0.1, 0.15) is 63.0 Å². The molecule has 0 aromatic heterocycles. The van der Waals surface area contributed by atoms with Gasteiger partial charge in [-0.25, -0.2) is 0 Å². The maximum Gasteiger partial charge on any atom is 0.261 e. The molecule has 2 atom stereocenters. The van der Waals surface area contributed by atoms with Crippen molar-refractivity contribution in [1.29, 1.82) is 0 Å². The molecular weight excluding hydrogens is 424 g/mol. The second-order valence-corrected chi connectivity index (χ2v) is 11.0. The Hall–Kier alpha value is -1.40. The van der Waals surface area contributed by atoms with Crippen LogP contribution in [0, 0.1) is 6.92 Å². The molecule has 3 rings (SSSR count). The molecule has 6 heteroatoms. The molecule has 1 heterocycles. The van der Waals surface area contributed by atoms with Crippen LogP contribution in [0.3, 0.4) is 0 Å². The van der Waals surface area contributed by atoms with Gasteiger partial charge in [-0.3, -0.25) is 9.59 Å². The quantitative estimate of drug-likeness (QED) is 0.382. The van der Waals surface area contributed by atoms with E-state index in [2.05, 4.69) is 43.4 Å². The van der Waals surface area contributed by atoms with Crippen molar-refractivity contribution >= 4 is 41.4 Å². The lowest BCUT2D eigenvalue weighted by Gasteiger charge is -2.43. The molecule has 0 spiro atoms. The fraction of sp³-hybridized carbons (Fsp3) is 0.600. The third kappa shape index (κ3) is 7.31. The Bertz CT molecular complexity index is 763. The van der Waals surface area contributed by atoms with E-state index in [1.165, 1.54) is 30.6 Å². The summed E-state index contributed by atoms with van der Waals surface area (Å²) >= 11 is 3.68. The van der Waals surface area contributed by atoms with E-state index in [9.17, 15) is 9.59 Å². The van der Waals surface area contributed by atoms with Crippen LogP contribution in [0.4, 0.5) is 0 Å². The number of carbonyl (C=O) groups is 2. The zero-order chi connectivity index (χ0) is 22.1. The number of fused-ring (bicyclic) bond motifs is 1. The lowest BCUT2D eigenvalue weighted by atomic mass is 9.93. The number of carbonyl (C=O) groups excluding carboxylic acids is 2. The first kappa shape index (κ1) is 24.2. The lowest BCUT2D eigenvalue weighted by Crippen LogP contribution is -2.54. The van der Waals surface area contributed by atoms with E-state index in [1.54, 1.807) is 11.8 Å². The number of aryl methyl sites for hydroxylation is 1. The Balaban J connectivity index is 1.59. The van der Waals surface area contributed by atoms with Crippen molar-refractivity contribution in [3.8, 4) is 0 Å². The molecule has 1 aromatic carbocycles. The van der Waals surface area contributed by atoms with Crippen molar-refractivity contribution in [2.45, 2.75) is 70.1 Å². The number of rotatable bonds is 10. The Kier molecular flexibility index (Phi) is 9.85. The average Bonchev–Trinajstić information content (AvgIpc) is 2.77. The summed E-state index contributed by atoms with van der Waals surface area (Å²) in [5.74, 6) is 2.26. The molecule has 0 bridgehead atoms. The fourth-order valence-corrected chi connectivity index (χ4v) is 6.66. The highest BCUT2D eigenvalue weighted by molar-refractivity contribution is 8.04. The average molecular weight is 461 g/mol. The van der Waals surface area contributed by atoms with Crippen molar-refractivity contribution < 1.29 is 9.59 Å². The van der Waals surface area contributed by atoms with Gasteiger partial charge in [0.2, 0.25) is 5.91 Å². The first-order chi connectivity index (χ1) is 15.1. The predicted octanol–water partition coefficient (Wildman–Crippen LogP) is 5.26. The van der Waals surface area contributed by atoms with Gasteiger partial charge in [-0.05, 0) is 55.8 Å². The standard InChI is InChI=1S/C25H36N2O2S2/c1-3-4-15-30-16-7-14-26-24(28)18-27-21-8-5-6-9-22(21)31-23(25(27)29)17-20-12-10-19(2)11-13-20/h10-13,17,21-22H,3-9,14-16,18H2,1-2H3,(H,26,28)/b23-17-. The molecule has 2 amide bonds. The summed E-state index contributed by atoms with van der Waals surface area (Å²) in [6, 6.07) is 8.42. The molecule has 0 radical (unpaired) electrons. The number of nitrogens with one attached hydrogen (secondary N) is 1. The lowest BCUT2D eigenvalue weighted by molar-refractivity contribution is -0.135. The van der Waals surface area contributed by atoms with Crippen LogP contribution in [0.25, 0.3) is 6.08 Å². The fourth-order valence-electron chi connectivity index (χ4n) is 4.14.